The van der Waals surface area contributed by atoms with Crippen LogP contribution in [0, 0.1) is 0 Å². The van der Waals surface area contributed by atoms with Gasteiger partial charge in [-0.2, -0.15) is 0 Å². The number of rotatable bonds is 11. The minimum absolute atomic E-state index is 0.0696. The van der Waals surface area contributed by atoms with Crippen LogP contribution in [0.25, 0.3) is 21.8 Å². The highest BCUT2D eigenvalue weighted by Crippen LogP contribution is 2.38. The quantitative estimate of drug-likeness (QED) is 0.181. The average Bonchev–Trinajstić information content (AvgIpc) is 2.86. The molecule has 0 aliphatic rings. The Morgan fingerprint density at radius 2 is 1.78 bits per heavy atom. The van der Waals surface area contributed by atoms with Gasteiger partial charge in [-0.1, -0.05) is 50.5 Å². The molecular formula is C27H30N4O4S. The van der Waals surface area contributed by atoms with Crippen molar-refractivity contribution in [2.75, 3.05) is 22.9 Å². The number of aromatic nitrogens is 1. The van der Waals surface area contributed by atoms with Crippen LogP contribution in [0.15, 0.2) is 60.7 Å². The van der Waals surface area contributed by atoms with Gasteiger partial charge in [0.2, 0.25) is 15.9 Å². The Kier molecular flexibility index (Phi) is 7.59. The number of carbonyl (C=O) groups is 1. The monoisotopic (exact) mass is 506 g/mol. The van der Waals surface area contributed by atoms with Crippen molar-refractivity contribution in [1.29, 1.82) is 0 Å². The number of unbranched alkanes of at least 4 members (excludes halogenated alkanes) is 3. The van der Waals surface area contributed by atoms with Crippen LogP contribution in [0.5, 0.6) is 5.75 Å². The number of hydrogen-bond donors (Lipinski definition) is 3. The minimum atomic E-state index is -3.47. The number of primary amides is 1. The van der Waals surface area contributed by atoms with Crippen molar-refractivity contribution < 1.29 is 17.9 Å². The Bertz CT molecular complexity index is 1520. The van der Waals surface area contributed by atoms with Gasteiger partial charge < -0.3 is 15.8 Å². The summed E-state index contributed by atoms with van der Waals surface area (Å²) in [5.41, 5.74) is 9.08. The van der Waals surface area contributed by atoms with E-state index < -0.39 is 15.9 Å². The second-order valence-electron chi connectivity index (χ2n) is 8.59. The highest BCUT2D eigenvalue weighted by atomic mass is 32.2. The number of methoxy groups -OCH3 is 1. The first-order valence-corrected chi connectivity index (χ1v) is 13.5. The molecule has 36 heavy (non-hydrogen) atoms. The van der Waals surface area contributed by atoms with E-state index in [4.69, 9.17) is 15.5 Å². The van der Waals surface area contributed by atoms with Crippen LogP contribution >= 0.6 is 0 Å². The van der Waals surface area contributed by atoms with Crippen molar-refractivity contribution in [3.63, 3.8) is 0 Å². The number of nitrogens with two attached hydrogens (primary N) is 1. The summed E-state index contributed by atoms with van der Waals surface area (Å²) in [5.74, 6) is -0.0524. The van der Waals surface area contributed by atoms with Crippen molar-refractivity contribution in [3.8, 4) is 5.75 Å². The standard InChI is InChI=1S/C27H30N4O4S/c1-3-4-5-8-16-36(33,34)31-18-14-15-22(24(17-18)35-2)30-26-19-10-6-7-12-21(19)29-23-13-9-11-20(25(23)26)27(28)32/h6-7,9-15,17,31H,3-5,8,16H2,1-2H3,(H2,28,32)(H,29,30). The molecule has 0 atom stereocenters. The number of hydrogen-bond acceptors (Lipinski definition) is 6. The minimum Gasteiger partial charge on any atom is -0.494 e. The number of fused-ring (bicyclic) bond motifs is 2. The first kappa shape index (κ1) is 25.2. The molecule has 9 heteroatoms. The summed E-state index contributed by atoms with van der Waals surface area (Å²) in [5, 5.41) is 4.80. The maximum absolute atomic E-state index is 12.5. The molecule has 3 aromatic carbocycles. The molecule has 4 aromatic rings. The van der Waals surface area contributed by atoms with E-state index in [1.165, 1.54) is 7.11 Å². The van der Waals surface area contributed by atoms with Gasteiger partial charge in [0.1, 0.15) is 5.75 Å². The van der Waals surface area contributed by atoms with Crippen molar-refractivity contribution in [1.82, 2.24) is 4.98 Å². The first-order valence-electron chi connectivity index (χ1n) is 11.9. The summed E-state index contributed by atoms with van der Waals surface area (Å²) in [4.78, 5) is 16.9. The lowest BCUT2D eigenvalue weighted by Gasteiger charge is -2.18. The molecule has 8 nitrogen and oxygen atoms in total. The maximum atomic E-state index is 12.5. The van der Waals surface area contributed by atoms with Crippen LogP contribution < -0.4 is 20.5 Å². The molecule has 4 N–H and O–H groups in total. The summed E-state index contributed by atoms with van der Waals surface area (Å²) in [7, 11) is -1.96. The zero-order valence-electron chi connectivity index (χ0n) is 20.4. The number of amides is 1. The van der Waals surface area contributed by atoms with E-state index in [0.717, 1.165) is 30.2 Å². The molecule has 0 aliphatic carbocycles. The van der Waals surface area contributed by atoms with Gasteiger partial charge in [0.05, 0.1) is 46.5 Å². The van der Waals surface area contributed by atoms with E-state index in [0.29, 0.717) is 45.7 Å². The van der Waals surface area contributed by atoms with Gasteiger partial charge in [0, 0.05) is 16.8 Å². The van der Waals surface area contributed by atoms with Crippen LogP contribution in [0.1, 0.15) is 43.0 Å². The summed E-state index contributed by atoms with van der Waals surface area (Å²) < 4.78 is 33.2. The van der Waals surface area contributed by atoms with Crippen LogP contribution in [-0.2, 0) is 10.0 Å². The zero-order chi connectivity index (χ0) is 25.7. The van der Waals surface area contributed by atoms with Gasteiger partial charge in [-0.3, -0.25) is 9.52 Å². The molecule has 0 spiro atoms. The van der Waals surface area contributed by atoms with Gasteiger partial charge in [-0.25, -0.2) is 13.4 Å². The van der Waals surface area contributed by atoms with Crippen LogP contribution in [0.2, 0.25) is 0 Å². The molecule has 0 bridgehead atoms. The molecule has 1 amide bonds. The number of para-hydroxylation sites is 1. The molecule has 0 radical (unpaired) electrons. The normalized spacial score (nSPS) is 11.5. The van der Waals surface area contributed by atoms with E-state index in [9.17, 15) is 13.2 Å². The number of sulfonamides is 1. The number of pyridine rings is 1. The molecule has 4 rings (SSSR count). The summed E-state index contributed by atoms with van der Waals surface area (Å²) in [6.07, 6.45) is 3.55. The smallest absolute Gasteiger partial charge is 0.249 e. The van der Waals surface area contributed by atoms with E-state index in [1.807, 2.05) is 30.3 Å². The van der Waals surface area contributed by atoms with Gasteiger partial charge in [-0.15, -0.1) is 0 Å². The van der Waals surface area contributed by atoms with Gasteiger partial charge in [0.25, 0.3) is 0 Å². The molecule has 0 fully saturated rings. The van der Waals surface area contributed by atoms with Crippen LogP contribution in [0.4, 0.5) is 17.1 Å². The maximum Gasteiger partial charge on any atom is 0.249 e. The Hall–Kier alpha value is -3.85. The number of anilines is 3. The lowest BCUT2D eigenvalue weighted by molar-refractivity contribution is 0.100. The molecule has 188 valence electrons. The topological polar surface area (TPSA) is 123 Å². The van der Waals surface area contributed by atoms with Crippen molar-refractivity contribution in [2.45, 2.75) is 32.6 Å². The summed E-state index contributed by atoms with van der Waals surface area (Å²) in [6, 6.07) is 17.9. The van der Waals surface area contributed by atoms with Crippen molar-refractivity contribution in [2.24, 2.45) is 5.73 Å². The lowest BCUT2D eigenvalue weighted by Crippen LogP contribution is -2.16. The number of benzene rings is 3. The van der Waals surface area contributed by atoms with E-state index in [-0.39, 0.29) is 5.75 Å². The van der Waals surface area contributed by atoms with Crippen molar-refractivity contribution >= 4 is 54.8 Å². The second kappa shape index (κ2) is 10.8. The fourth-order valence-corrected chi connectivity index (χ4v) is 5.39. The number of nitrogens with zero attached hydrogens (tertiary/aromatic N) is 1. The molecule has 1 heterocycles. The van der Waals surface area contributed by atoms with Crippen LogP contribution in [-0.4, -0.2) is 32.2 Å². The Labute approximate surface area is 210 Å². The molecule has 0 saturated heterocycles. The molecule has 0 aliphatic heterocycles. The lowest BCUT2D eigenvalue weighted by atomic mass is 10.0. The number of nitrogens with one attached hydrogen (secondary N) is 2. The van der Waals surface area contributed by atoms with E-state index >= 15 is 0 Å². The Morgan fingerprint density at radius 1 is 1.00 bits per heavy atom. The number of carbonyl (C=O) groups excluding carboxylic acids is 1. The van der Waals surface area contributed by atoms with Crippen LogP contribution in [0.3, 0.4) is 0 Å². The molecular weight excluding hydrogens is 476 g/mol. The van der Waals surface area contributed by atoms with Gasteiger partial charge in [0.15, 0.2) is 0 Å². The summed E-state index contributed by atoms with van der Waals surface area (Å²) >= 11 is 0. The van der Waals surface area contributed by atoms with E-state index in [2.05, 4.69) is 17.0 Å². The molecule has 0 unspecified atom stereocenters. The Morgan fingerprint density at radius 3 is 2.53 bits per heavy atom. The molecule has 0 saturated carbocycles. The highest BCUT2D eigenvalue weighted by molar-refractivity contribution is 7.92. The fourth-order valence-electron chi connectivity index (χ4n) is 4.22. The van der Waals surface area contributed by atoms with E-state index in [1.54, 1.807) is 30.3 Å². The Balaban J connectivity index is 1.73. The van der Waals surface area contributed by atoms with Crippen molar-refractivity contribution in [3.05, 3.63) is 66.2 Å². The predicted molar refractivity (Wildman–Crippen MR) is 146 cm³/mol. The SMILES string of the molecule is CCCCCCS(=O)(=O)Nc1ccc(Nc2c3ccccc3nc3cccc(C(N)=O)c23)c(OC)c1. The predicted octanol–water partition coefficient (Wildman–Crippen LogP) is 5.56. The third-order valence-corrected chi connectivity index (χ3v) is 7.35. The average molecular weight is 507 g/mol. The van der Waals surface area contributed by atoms with Gasteiger partial charge in [-0.05, 0) is 36.8 Å². The first-order chi connectivity index (χ1) is 17.3. The number of ether oxygens (including phenoxy) is 1. The fraction of sp³-hybridized carbons (Fsp3) is 0.259. The van der Waals surface area contributed by atoms with Gasteiger partial charge >= 0.3 is 0 Å². The highest BCUT2D eigenvalue weighted by Gasteiger charge is 2.18. The second-order valence-corrected chi connectivity index (χ2v) is 10.4. The largest absolute Gasteiger partial charge is 0.494 e. The zero-order valence-corrected chi connectivity index (χ0v) is 21.2. The third-order valence-electron chi connectivity index (χ3n) is 5.97. The third kappa shape index (κ3) is 5.52. The summed E-state index contributed by atoms with van der Waals surface area (Å²) in [6.45, 7) is 2.08. The molecule has 1 aromatic heterocycles.